The van der Waals surface area contributed by atoms with Crippen molar-refractivity contribution in [1.82, 2.24) is 9.38 Å². The van der Waals surface area contributed by atoms with E-state index in [1.807, 2.05) is 18.3 Å². The maximum Gasteiger partial charge on any atom is 0.267 e. The number of rotatable bonds is 3. The molecule has 2 rings (SSSR count). The first-order valence-corrected chi connectivity index (χ1v) is 5.66. The fourth-order valence-electron chi connectivity index (χ4n) is 1.46. The Bertz CT molecular complexity index is 506. The predicted octanol–water partition coefficient (Wildman–Crippen LogP) is 1.37. The number of carbonyl (C=O) groups is 1. The van der Waals surface area contributed by atoms with Gasteiger partial charge >= 0.3 is 0 Å². The quantitative estimate of drug-likeness (QED) is 0.854. The molecule has 0 atom stereocenters. The summed E-state index contributed by atoms with van der Waals surface area (Å²) >= 11 is 3.37. The van der Waals surface area contributed by atoms with Crippen LogP contribution in [0.3, 0.4) is 0 Å². The van der Waals surface area contributed by atoms with E-state index in [0.29, 0.717) is 5.69 Å². The molecular formula is C10H10BrN3O. The molecule has 0 spiro atoms. The van der Waals surface area contributed by atoms with Gasteiger partial charge in [-0.3, -0.25) is 9.20 Å². The van der Waals surface area contributed by atoms with E-state index < -0.39 is 5.91 Å². The van der Waals surface area contributed by atoms with Crippen LogP contribution in [-0.4, -0.2) is 20.6 Å². The molecule has 0 unspecified atom stereocenters. The fraction of sp³-hybridized carbons (Fsp3) is 0.200. The summed E-state index contributed by atoms with van der Waals surface area (Å²) in [7, 11) is 0. The molecule has 78 valence electrons. The highest BCUT2D eigenvalue weighted by Gasteiger charge is 2.08. The second kappa shape index (κ2) is 4.02. The van der Waals surface area contributed by atoms with Crippen molar-refractivity contribution in [1.29, 1.82) is 0 Å². The second-order valence-electron chi connectivity index (χ2n) is 3.21. The van der Waals surface area contributed by atoms with Gasteiger partial charge in [-0.15, -0.1) is 0 Å². The van der Waals surface area contributed by atoms with Gasteiger partial charge < -0.3 is 5.73 Å². The number of hydrogen-bond acceptors (Lipinski definition) is 2. The third kappa shape index (κ3) is 1.87. The van der Waals surface area contributed by atoms with Crippen LogP contribution in [0.25, 0.3) is 5.65 Å². The highest BCUT2D eigenvalue weighted by Crippen LogP contribution is 2.10. The third-order valence-corrected chi connectivity index (χ3v) is 2.60. The number of nitrogens with zero attached hydrogens (tertiary/aromatic N) is 2. The van der Waals surface area contributed by atoms with Crippen LogP contribution < -0.4 is 5.73 Å². The lowest BCUT2D eigenvalue weighted by Gasteiger charge is -2.01. The van der Waals surface area contributed by atoms with Crippen LogP contribution in [0.2, 0.25) is 0 Å². The highest BCUT2D eigenvalue weighted by atomic mass is 79.9. The minimum Gasteiger partial charge on any atom is -0.364 e. The first-order valence-electron chi connectivity index (χ1n) is 4.54. The van der Waals surface area contributed by atoms with E-state index in [0.717, 1.165) is 23.0 Å². The van der Waals surface area contributed by atoms with Gasteiger partial charge in [-0.25, -0.2) is 4.98 Å². The molecule has 0 fully saturated rings. The molecular weight excluding hydrogens is 258 g/mol. The van der Waals surface area contributed by atoms with Crippen LogP contribution in [-0.2, 0) is 6.42 Å². The van der Waals surface area contributed by atoms with Crippen molar-refractivity contribution < 1.29 is 4.79 Å². The van der Waals surface area contributed by atoms with E-state index in [1.54, 1.807) is 4.40 Å². The molecule has 0 aliphatic heterocycles. The first kappa shape index (κ1) is 10.2. The molecule has 0 aromatic carbocycles. The monoisotopic (exact) mass is 267 g/mol. The van der Waals surface area contributed by atoms with Crippen LogP contribution in [0.15, 0.2) is 24.5 Å². The number of nitrogens with two attached hydrogens (primary N) is 1. The lowest BCUT2D eigenvalue weighted by Crippen LogP contribution is -2.13. The molecule has 0 saturated carbocycles. The van der Waals surface area contributed by atoms with Gasteiger partial charge in [-0.05, 0) is 18.1 Å². The molecule has 4 nitrogen and oxygen atoms in total. The number of carbonyl (C=O) groups excluding carboxylic acids is 1. The van der Waals surface area contributed by atoms with E-state index in [9.17, 15) is 4.79 Å². The number of aryl methyl sites for hydroxylation is 1. The molecule has 15 heavy (non-hydrogen) atoms. The van der Waals surface area contributed by atoms with Crippen molar-refractivity contribution in [3.8, 4) is 0 Å². The van der Waals surface area contributed by atoms with E-state index in [1.165, 1.54) is 6.20 Å². The molecule has 2 N–H and O–H groups in total. The van der Waals surface area contributed by atoms with Crippen molar-refractivity contribution in [2.75, 3.05) is 5.33 Å². The number of halogens is 1. The van der Waals surface area contributed by atoms with Crippen LogP contribution in [0.1, 0.15) is 16.1 Å². The number of fused-ring (bicyclic) bond motifs is 1. The van der Waals surface area contributed by atoms with E-state index in [-0.39, 0.29) is 0 Å². The van der Waals surface area contributed by atoms with Crippen molar-refractivity contribution in [3.05, 3.63) is 35.8 Å². The summed E-state index contributed by atoms with van der Waals surface area (Å²) in [5.74, 6) is -0.460. The number of alkyl halides is 1. The Hall–Kier alpha value is -1.36. The smallest absolute Gasteiger partial charge is 0.267 e. The number of aromatic nitrogens is 2. The zero-order valence-corrected chi connectivity index (χ0v) is 9.57. The maximum atomic E-state index is 11.1. The average Bonchev–Trinajstić information content (AvgIpc) is 2.61. The van der Waals surface area contributed by atoms with Crippen LogP contribution in [0.5, 0.6) is 0 Å². The Balaban J connectivity index is 2.56. The molecule has 2 heterocycles. The van der Waals surface area contributed by atoms with Gasteiger partial charge in [0.1, 0.15) is 11.3 Å². The van der Waals surface area contributed by atoms with Crippen molar-refractivity contribution in [2.24, 2.45) is 5.73 Å². The van der Waals surface area contributed by atoms with Gasteiger partial charge in [0.2, 0.25) is 0 Å². The molecule has 2 aromatic heterocycles. The molecule has 0 bridgehead atoms. The summed E-state index contributed by atoms with van der Waals surface area (Å²) in [6.45, 7) is 0. The number of pyridine rings is 1. The molecule has 0 aliphatic carbocycles. The minimum atomic E-state index is -0.460. The summed E-state index contributed by atoms with van der Waals surface area (Å²) in [6.07, 6.45) is 4.30. The van der Waals surface area contributed by atoms with Crippen molar-refractivity contribution in [2.45, 2.75) is 6.42 Å². The second-order valence-corrected chi connectivity index (χ2v) is 4.01. The third-order valence-electron chi connectivity index (χ3n) is 2.20. The van der Waals surface area contributed by atoms with Gasteiger partial charge in [0.05, 0.1) is 6.20 Å². The Morgan fingerprint density at radius 3 is 3.00 bits per heavy atom. The predicted molar refractivity (Wildman–Crippen MR) is 61.2 cm³/mol. The lowest BCUT2D eigenvalue weighted by atomic mass is 10.2. The Morgan fingerprint density at radius 2 is 2.33 bits per heavy atom. The Morgan fingerprint density at radius 1 is 1.53 bits per heavy atom. The van der Waals surface area contributed by atoms with Gasteiger partial charge in [0.15, 0.2) is 0 Å². The number of hydrogen-bond donors (Lipinski definition) is 1. The van der Waals surface area contributed by atoms with E-state index >= 15 is 0 Å². The molecule has 0 saturated heterocycles. The summed E-state index contributed by atoms with van der Waals surface area (Å²) in [4.78, 5) is 15.2. The fourth-order valence-corrected chi connectivity index (χ4v) is 1.92. The zero-order valence-electron chi connectivity index (χ0n) is 7.98. The van der Waals surface area contributed by atoms with Crippen LogP contribution >= 0.6 is 15.9 Å². The Labute approximate surface area is 95.2 Å². The number of imidazole rings is 1. The molecule has 0 radical (unpaired) electrons. The number of primary amides is 1. The van der Waals surface area contributed by atoms with E-state index in [4.69, 9.17) is 5.73 Å². The normalized spacial score (nSPS) is 10.7. The summed E-state index contributed by atoms with van der Waals surface area (Å²) in [6, 6.07) is 3.87. The van der Waals surface area contributed by atoms with E-state index in [2.05, 4.69) is 20.9 Å². The zero-order chi connectivity index (χ0) is 10.8. The van der Waals surface area contributed by atoms with Crippen LogP contribution in [0, 0.1) is 0 Å². The molecule has 1 amide bonds. The van der Waals surface area contributed by atoms with Gasteiger partial charge in [-0.2, -0.15) is 0 Å². The van der Waals surface area contributed by atoms with Gasteiger partial charge in [0.25, 0.3) is 5.91 Å². The molecule has 0 aliphatic rings. The summed E-state index contributed by atoms with van der Waals surface area (Å²) in [5, 5.41) is 0.888. The molecule has 2 aromatic rings. The lowest BCUT2D eigenvalue weighted by molar-refractivity contribution is 0.0995. The average molecular weight is 268 g/mol. The first-order chi connectivity index (χ1) is 7.22. The van der Waals surface area contributed by atoms with Crippen molar-refractivity contribution in [3.63, 3.8) is 0 Å². The van der Waals surface area contributed by atoms with Crippen molar-refractivity contribution >= 4 is 27.5 Å². The van der Waals surface area contributed by atoms with Gasteiger partial charge in [0, 0.05) is 11.5 Å². The van der Waals surface area contributed by atoms with Crippen LogP contribution in [0.4, 0.5) is 0 Å². The SMILES string of the molecule is NC(=O)c1cnc2ccc(CCBr)cn12. The Kier molecular flexibility index (Phi) is 2.73. The standard InChI is InChI=1S/C10H10BrN3O/c11-4-3-7-1-2-9-13-5-8(10(12)15)14(9)6-7/h1-2,5-6H,3-4H2,(H2,12,15). The largest absolute Gasteiger partial charge is 0.364 e. The number of amides is 1. The minimum absolute atomic E-state index is 0.418. The topological polar surface area (TPSA) is 60.4 Å². The van der Waals surface area contributed by atoms with Gasteiger partial charge in [-0.1, -0.05) is 22.0 Å². The highest BCUT2D eigenvalue weighted by molar-refractivity contribution is 9.09. The summed E-state index contributed by atoms with van der Waals surface area (Å²) < 4.78 is 1.72. The molecule has 5 heteroatoms. The summed E-state index contributed by atoms with van der Waals surface area (Å²) in [5.41, 5.74) is 7.53. The maximum absolute atomic E-state index is 11.1.